The van der Waals surface area contributed by atoms with Gasteiger partial charge in [-0.25, -0.2) is 9.97 Å². The van der Waals surface area contributed by atoms with Gasteiger partial charge in [-0.15, -0.1) is 0 Å². The van der Waals surface area contributed by atoms with Crippen molar-refractivity contribution in [1.29, 1.82) is 0 Å². The summed E-state index contributed by atoms with van der Waals surface area (Å²) in [6.45, 7) is 0.453. The fraction of sp³-hybridized carbons (Fsp3) is 0.167. The second-order valence-corrected chi connectivity index (χ2v) is 7.12. The van der Waals surface area contributed by atoms with E-state index in [0.717, 1.165) is 16.6 Å². The van der Waals surface area contributed by atoms with Crippen molar-refractivity contribution in [3.05, 3.63) is 53.6 Å². The van der Waals surface area contributed by atoms with Crippen molar-refractivity contribution in [1.82, 2.24) is 9.97 Å². The molecule has 0 aliphatic carbocycles. The van der Waals surface area contributed by atoms with Gasteiger partial charge in [-0.1, -0.05) is 47.6 Å². The largest absolute Gasteiger partial charge is 0.465 e. The van der Waals surface area contributed by atoms with Crippen molar-refractivity contribution in [2.75, 3.05) is 11.9 Å². The van der Waals surface area contributed by atoms with Gasteiger partial charge in [0.1, 0.15) is 11.1 Å². The summed E-state index contributed by atoms with van der Waals surface area (Å²) in [5.41, 5.74) is 1.57. The molecule has 1 aromatic heterocycles. The van der Waals surface area contributed by atoms with E-state index in [1.165, 1.54) is 11.8 Å². The maximum Gasteiger partial charge on any atom is 0.319 e. The number of cyclic esters (lactones) is 1. The SMILES string of the molecule is O=C1OCC[C@H]1Sc1nc(Nc2ccccc2Cl)c2ccccc2n1. The molecular weight excluding hydrogens is 358 g/mol. The Morgan fingerprint density at radius 3 is 2.72 bits per heavy atom. The number of carbonyl (C=O) groups is 1. The molecule has 1 fully saturated rings. The molecule has 1 atom stereocenters. The summed E-state index contributed by atoms with van der Waals surface area (Å²) < 4.78 is 5.02. The van der Waals surface area contributed by atoms with Crippen molar-refractivity contribution in [3.63, 3.8) is 0 Å². The van der Waals surface area contributed by atoms with E-state index in [4.69, 9.17) is 16.3 Å². The molecule has 0 unspecified atom stereocenters. The van der Waals surface area contributed by atoms with Gasteiger partial charge in [-0.2, -0.15) is 0 Å². The number of thioether (sulfide) groups is 1. The Kier molecular flexibility index (Phi) is 4.46. The zero-order valence-electron chi connectivity index (χ0n) is 13.1. The number of rotatable bonds is 4. The maximum atomic E-state index is 11.7. The lowest BCUT2D eigenvalue weighted by Crippen LogP contribution is -2.10. The molecule has 0 amide bonds. The van der Waals surface area contributed by atoms with Gasteiger partial charge in [0.15, 0.2) is 5.16 Å². The van der Waals surface area contributed by atoms with E-state index in [1.807, 2.05) is 48.5 Å². The number of para-hydroxylation sites is 2. The molecule has 1 saturated heterocycles. The lowest BCUT2D eigenvalue weighted by molar-refractivity contribution is -0.137. The molecule has 1 N–H and O–H groups in total. The number of fused-ring (bicyclic) bond motifs is 1. The summed E-state index contributed by atoms with van der Waals surface area (Å²) in [6, 6.07) is 15.2. The molecule has 0 saturated carbocycles. The number of anilines is 2. The molecule has 126 valence electrons. The highest BCUT2D eigenvalue weighted by atomic mass is 35.5. The minimum absolute atomic E-state index is 0.206. The number of aromatic nitrogens is 2. The maximum absolute atomic E-state index is 11.7. The normalized spacial score (nSPS) is 16.8. The molecule has 1 aliphatic rings. The van der Waals surface area contributed by atoms with Crippen LogP contribution in [0.4, 0.5) is 11.5 Å². The number of halogens is 1. The van der Waals surface area contributed by atoms with Crippen LogP contribution < -0.4 is 5.32 Å². The van der Waals surface area contributed by atoms with Crippen molar-refractivity contribution < 1.29 is 9.53 Å². The smallest absolute Gasteiger partial charge is 0.319 e. The van der Waals surface area contributed by atoms with Crippen molar-refractivity contribution in [3.8, 4) is 0 Å². The van der Waals surface area contributed by atoms with Gasteiger partial charge in [-0.05, 0) is 24.3 Å². The van der Waals surface area contributed by atoms with Gasteiger partial charge in [-0.3, -0.25) is 4.79 Å². The number of nitrogens with zero attached hydrogens (tertiary/aromatic N) is 2. The highest BCUT2D eigenvalue weighted by Crippen LogP contribution is 2.32. The first-order valence-corrected chi connectivity index (χ1v) is 9.08. The van der Waals surface area contributed by atoms with Crippen molar-refractivity contribution in [2.24, 2.45) is 0 Å². The van der Waals surface area contributed by atoms with E-state index in [2.05, 4.69) is 15.3 Å². The molecule has 2 aromatic carbocycles. The average molecular weight is 372 g/mol. The van der Waals surface area contributed by atoms with Gasteiger partial charge in [0, 0.05) is 11.8 Å². The predicted molar refractivity (Wildman–Crippen MR) is 99.5 cm³/mol. The van der Waals surface area contributed by atoms with Crippen LogP contribution in [0.1, 0.15) is 6.42 Å². The molecule has 2 heterocycles. The third-order valence-electron chi connectivity index (χ3n) is 3.84. The Morgan fingerprint density at radius 1 is 1.12 bits per heavy atom. The fourth-order valence-corrected chi connectivity index (χ4v) is 3.72. The van der Waals surface area contributed by atoms with Crippen LogP contribution in [0, 0.1) is 0 Å². The molecule has 3 aromatic rings. The summed E-state index contributed by atoms with van der Waals surface area (Å²) in [5, 5.41) is 5.06. The molecule has 7 heteroatoms. The second kappa shape index (κ2) is 6.90. The van der Waals surface area contributed by atoms with Crippen LogP contribution in [0.3, 0.4) is 0 Å². The zero-order chi connectivity index (χ0) is 17.2. The van der Waals surface area contributed by atoms with Gasteiger partial charge < -0.3 is 10.1 Å². The Morgan fingerprint density at radius 2 is 1.92 bits per heavy atom. The molecule has 0 spiro atoms. The third kappa shape index (κ3) is 3.41. The third-order valence-corrected chi connectivity index (χ3v) is 5.28. The Hall–Kier alpha value is -2.31. The van der Waals surface area contributed by atoms with Crippen LogP contribution in [0.25, 0.3) is 10.9 Å². The Bertz CT molecular complexity index is 951. The van der Waals surface area contributed by atoms with E-state index in [1.54, 1.807) is 0 Å². The lowest BCUT2D eigenvalue weighted by atomic mass is 10.2. The summed E-state index contributed by atoms with van der Waals surface area (Å²) in [6.07, 6.45) is 0.674. The molecular formula is C18H14ClN3O2S. The first kappa shape index (κ1) is 16.2. The number of ether oxygens (including phenoxy) is 1. The summed E-state index contributed by atoms with van der Waals surface area (Å²) in [7, 11) is 0. The van der Waals surface area contributed by atoms with Gasteiger partial charge in [0.25, 0.3) is 0 Å². The molecule has 25 heavy (non-hydrogen) atoms. The first-order chi connectivity index (χ1) is 12.2. The fourth-order valence-electron chi connectivity index (χ4n) is 2.61. The van der Waals surface area contributed by atoms with Gasteiger partial charge >= 0.3 is 5.97 Å². The Labute approximate surface area is 153 Å². The second-order valence-electron chi connectivity index (χ2n) is 5.54. The summed E-state index contributed by atoms with van der Waals surface area (Å²) in [5.74, 6) is 0.454. The minimum atomic E-state index is -0.255. The standard InChI is InChI=1S/C18H14ClN3O2S/c19-12-6-2-4-8-14(12)20-16-11-5-1-3-7-13(11)21-18(22-16)25-15-9-10-24-17(15)23/h1-8,15H,9-10H2,(H,20,21,22)/t15-/m1/s1. The molecule has 5 nitrogen and oxygen atoms in total. The Balaban J connectivity index is 1.73. The van der Waals surface area contributed by atoms with Crippen LogP contribution in [0.5, 0.6) is 0 Å². The first-order valence-electron chi connectivity index (χ1n) is 7.82. The minimum Gasteiger partial charge on any atom is -0.465 e. The van der Waals surface area contributed by atoms with E-state index in [0.29, 0.717) is 29.0 Å². The number of hydrogen-bond acceptors (Lipinski definition) is 6. The number of benzene rings is 2. The van der Waals surface area contributed by atoms with Gasteiger partial charge in [0.2, 0.25) is 0 Å². The number of carbonyl (C=O) groups excluding carboxylic acids is 1. The van der Waals surface area contributed by atoms with Crippen LogP contribution in [-0.2, 0) is 9.53 Å². The molecule has 0 radical (unpaired) electrons. The van der Waals surface area contributed by atoms with Crippen LogP contribution in [-0.4, -0.2) is 27.8 Å². The van der Waals surface area contributed by atoms with E-state index < -0.39 is 0 Å². The monoisotopic (exact) mass is 371 g/mol. The summed E-state index contributed by atoms with van der Waals surface area (Å²) >= 11 is 7.58. The highest BCUT2D eigenvalue weighted by Gasteiger charge is 2.28. The quantitative estimate of drug-likeness (QED) is 0.540. The topological polar surface area (TPSA) is 64.1 Å². The summed E-state index contributed by atoms with van der Waals surface area (Å²) in [4.78, 5) is 20.9. The molecule has 4 rings (SSSR count). The average Bonchev–Trinajstić information content (AvgIpc) is 3.02. The predicted octanol–water partition coefficient (Wildman–Crippen LogP) is 4.43. The number of esters is 1. The van der Waals surface area contributed by atoms with E-state index in [9.17, 15) is 4.79 Å². The van der Waals surface area contributed by atoms with Crippen LogP contribution >= 0.6 is 23.4 Å². The lowest BCUT2D eigenvalue weighted by Gasteiger charge is -2.12. The molecule has 0 bridgehead atoms. The van der Waals surface area contributed by atoms with Gasteiger partial charge in [0.05, 0.1) is 22.8 Å². The number of hydrogen-bond donors (Lipinski definition) is 1. The van der Waals surface area contributed by atoms with Crippen LogP contribution in [0.15, 0.2) is 53.7 Å². The molecule has 1 aliphatic heterocycles. The van der Waals surface area contributed by atoms with Crippen molar-refractivity contribution >= 4 is 51.7 Å². The zero-order valence-corrected chi connectivity index (χ0v) is 14.7. The number of nitrogens with one attached hydrogen (secondary N) is 1. The van der Waals surface area contributed by atoms with Crippen molar-refractivity contribution in [2.45, 2.75) is 16.8 Å². The van der Waals surface area contributed by atoms with E-state index >= 15 is 0 Å². The highest BCUT2D eigenvalue weighted by molar-refractivity contribution is 8.00. The van der Waals surface area contributed by atoms with E-state index in [-0.39, 0.29) is 11.2 Å². The van der Waals surface area contributed by atoms with Crippen LogP contribution in [0.2, 0.25) is 5.02 Å².